The zero-order chi connectivity index (χ0) is 20.8. The summed E-state index contributed by atoms with van der Waals surface area (Å²) in [6, 6.07) is 6.38. The Kier molecular flexibility index (Phi) is 4.53. The van der Waals surface area contributed by atoms with E-state index < -0.39 is 39.4 Å². The molecule has 0 radical (unpaired) electrons. The predicted octanol–water partition coefficient (Wildman–Crippen LogP) is 1.36. The number of rotatable bonds is 3. The second-order valence-electron chi connectivity index (χ2n) is 6.50. The smallest absolute Gasteiger partial charge is 0.486 e. The van der Waals surface area contributed by atoms with Gasteiger partial charge in [0.1, 0.15) is 0 Å². The molecular weight excluding hydrogens is 393 g/mol. The van der Waals surface area contributed by atoms with E-state index >= 15 is 0 Å². The van der Waals surface area contributed by atoms with E-state index in [0.717, 1.165) is 18.4 Å². The fourth-order valence-corrected chi connectivity index (χ4v) is 3.37. The van der Waals surface area contributed by atoms with Gasteiger partial charge in [-0.3, -0.25) is 4.79 Å². The third-order valence-corrected chi connectivity index (χ3v) is 4.74. The van der Waals surface area contributed by atoms with Gasteiger partial charge in [-0.05, 0) is 18.2 Å². The number of hydrogen-bond donors (Lipinski definition) is 1. The zero-order valence-electron chi connectivity index (χ0n) is 14.9. The Bertz CT molecular complexity index is 1080. The summed E-state index contributed by atoms with van der Waals surface area (Å²) < 4.78 is 45.2. The number of nitrogens with one attached hydrogen (secondary N) is 1. The first-order valence-electron chi connectivity index (χ1n) is 8.73. The number of hydrogen-bond acceptors (Lipinski definition) is 6. The molecule has 0 atom stereocenters. The minimum absolute atomic E-state index is 0.136. The SMILES string of the molecule is O=C(c1ccco1)c1c(C(F)(F)F)[n+]([O-])c2ccc(N3CCNCC3)cc2[n+]1[O-]. The van der Waals surface area contributed by atoms with Crippen LogP contribution in [0.25, 0.3) is 11.0 Å². The molecule has 1 aliphatic heterocycles. The van der Waals surface area contributed by atoms with Gasteiger partial charge in [-0.15, -0.1) is 9.46 Å². The third-order valence-electron chi connectivity index (χ3n) is 4.74. The van der Waals surface area contributed by atoms with E-state index in [2.05, 4.69) is 5.32 Å². The predicted molar refractivity (Wildman–Crippen MR) is 94.1 cm³/mol. The number of fused-ring (bicyclic) bond motifs is 1. The van der Waals surface area contributed by atoms with Gasteiger partial charge in [0, 0.05) is 44.0 Å². The van der Waals surface area contributed by atoms with Gasteiger partial charge < -0.3 is 25.0 Å². The molecule has 1 saturated heterocycles. The van der Waals surface area contributed by atoms with Crippen LogP contribution in [0, 0.1) is 10.4 Å². The van der Waals surface area contributed by atoms with Crippen molar-refractivity contribution in [2.24, 2.45) is 0 Å². The van der Waals surface area contributed by atoms with Gasteiger partial charge >= 0.3 is 17.6 Å². The molecule has 152 valence electrons. The Morgan fingerprint density at radius 1 is 1.10 bits per heavy atom. The van der Waals surface area contributed by atoms with Crippen LogP contribution in [0.4, 0.5) is 18.9 Å². The van der Waals surface area contributed by atoms with Gasteiger partial charge in [0.2, 0.25) is 0 Å². The molecular formula is C18H15F3N4O4. The van der Waals surface area contributed by atoms with Crippen molar-refractivity contribution in [3.8, 4) is 0 Å². The summed E-state index contributed by atoms with van der Waals surface area (Å²) in [7, 11) is 0. The minimum atomic E-state index is -5.23. The molecule has 1 fully saturated rings. The first kappa shape index (κ1) is 19.0. The maximum atomic E-state index is 13.6. The number of alkyl halides is 3. The maximum Gasteiger partial charge on any atom is 0.486 e. The molecule has 11 heteroatoms. The molecule has 8 nitrogen and oxygen atoms in total. The lowest BCUT2D eigenvalue weighted by atomic mass is 10.1. The first-order valence-corrected chi connectivity index (χ1v) is 8.73. The van der Waals surface area contributed by atoms with Crippen LogP contribution in [-0.4, -0.2) is 32.0 Å². The molecule has 0 aliphatic carbocycles. The van der Waals surface area contributed by atoms with Crippen LogP contribution in [0.15, 0.2) is 41.0 Å². The number of aromatic nitrogens is 2. The van der Waals surface area contributed by atoms with Crippen molar-refractivity contribution in [1.82, 2.24) is 5.32 Å². The number of benzene rings is 1. The lowest BCUT2D eigenvalue weighted by Gasteiger charge is -2.29. The lowest BCUT2D eigenvalue weighted by molar-refractivity contribution is -0.647. The topological polar surface area (TPSA) is 99.4 Å². The van der Waals surface area contributed by atoms with Crippen molar-refractivity contribution in [3.63, 3.8) is 0 Å². The number of carbonyl (C=O) groups excluding carboxylic acids is 1. The van der Waals surface area contributed by atoms with E-state index in [1.165, 1.54) is 18.2 Å². The molecule has 3 heterocycles. The van der Waals surface area contributed by atoms with E-state index in [1.807, 2.05) is 4.90 Å². The van der Waals surface area contributed by atoms with Gasteiger partial charge in [-0.1, -0.05) is 0 Å². The number of anilines is 1. The molecule has 29 heavy (non-hydrogen) atoms. The number of ketones is 1. The summed E-state index contributed by atoms with van der Waals surface area (Å²) in [6.45, 7) is 2.65. The van der Waals surface area contributed by atoms with Crippen molar-refractivity contribution in [1.29, 1.82) is 0 Å². The van der Waals surface area contributed by atoms with Gasteiger partial charge in [0.25, 0.3) is 16.8 Å². The van der Waals surface area contributed by atoms with Crippen molar-refractivity contribution in [2.75, 3.05) is 31.1 Å². The zero-order valence-corrected chi connectivity index (χ0v) is 14.9. The highest BCUT2D eigenvalue weighted by Crippen LogP contribution is 2.31. The Labute approximate surface area is 161 Å². The molecule has 1 N–H and O–H groups in total. The fraction of sp³-hybridized carbons (Fsp3) is 0.278. The average Bonchev–Trinajstić information content (AvgIpc) is 3.24. The van der Waals surface area contributed by atoms with E-state index in [4.69, 9.17) is 4.42 Å². The van der Waals surface area contributed by atoms with E-state index in [-0.39, 0.29) is 10.2 Å². The van der Waals surface area contributed by atoms with Crippen LogP contribution in [-0.2, 0) is 6.18 Å². The van der Waals surface area contributed by atoms with Gasteiger partial charge in [0.15, 0.2) is 5.76 Å². The highest BCUT2D eigenvalue weighted by atomic mass is 19.4. The molecule has 2 aromatic heterocycles. The number of furan rings is 1. The Hall–Kier alpha value is -3.34. The molecule has 0 bridgehead atoms. The molecule has 1 aromatic carbocycles. The van der Waals surface area contributed by atoms with Crippen LogP contribution in [0.1, 0.15) is 21.9 Å². The summed E-state index contributed by atoms with van der Waals surface area (Å²) in [4.78, 5) is 14.5. The molecule has 0 spiro atoms. The largest absolute Gasteiger partial charge is 0.618 e. The lowest BCUT2D eigenvalue weighted by Crippen LogP contribution is -2.50. The van der Waals surface area contributed by atoms with Crippen LogP contribution in [0.2, 0.25) is 0 Å². The second kappa shape index (κ2) is 6.92. The summed E-state index contributed by atoms with van der Waals surface area (Å²) in [5.41, 5.74) is -3.45. The molecule has 1 aliphatic rings. The van der Waals surface area contributed by atoms with E-state index in [1.54, 1.807) is 0 Å². The number of piperazine rings is 1. The number of carbonyl (C=O) groups is 1. The standard InChI is InChI=1S/C18H15F3N4O4/c19-18(20,21)17-15(16(26)14-2-1-9-29-14)24(27)13-10-11(3-4-12(13)25(17)28)23-7-5-22-6-8-23/h1-4,9-10,22H,5-8H2. The minimum Gasteiger partial charge on any atom is -0.618 e. The van der Waals surface area contributed by atoms with Crippen LogP contribution >= 0.6 is 0 Å². The number of halogens is 3. The van der Waals surface area contributed by atoms with E-state index in [0.29, 0.717) is 31.9 Å². The summed E-state index contributed by atoms with van der Waals surface area (Å²) in [5.74, 6) is -1.80. The van der Waals surface area contributed by atoms with Crippen molar-refractivity contribution < 1.29 is 31.8 Å². The molecule has 4 rings (SSSR count). The Balaban J connectivity index is 1.97. The molecule has 0 saturated carbocycles. The van der Waals surface area contributed by atoms with E-state index in [9.17, 15) is 28.4 Å². The Morgan fingerprint density at radius 2 is 1.83 bits per heavy atom. The van der Waals surface area contributed by atoms with Crippen LogP contribution < -0.4 is 19.7 Å². The molecule has 3 aromatic rings. The second-order valence-corrected chi connectivity index (χ2v) is 6.50. The van der Waals surface area contributed by atoms with Crippen molar-refractivity contribution >= 4 is 22.5 Å². The summed E-state index contributed by atoms with van der Waals surface area (Å²) in [5, 5.41) is 28.6. The molecule has 0 unspecified atom stereocenters. The van der Waals surface area contributed by atoms with Crippen molar-refractivity contribution in [2.45, 2.75) is 6.18 Å². The van der Waals surface area contributed by atoms with Crippen molar-refractivity contribution in [3.05, 3.63) is 64.2 Å². The quantitative estimate of drug-likeness (QED) is 0.399. The van der Waals surface area contributed by atoms with Crippen LogP contribution in [0.5, 0.6) is 0 Å². The summed E-state index contributed by atoms with van der Waals surface area (Å²) in [6.07, 6.45) is -4.14. The Morgan fingerprint density at radius 3 is 2.45 bits per heavy atom. The monoisotopic (exact) mass is 408 g/mol. The maximum absolute atomic E-state index is 13.6. The average molecular weight is 408 g/mol. The number of nitrogens with zero attached hydrogens (tertiary/aromatic N) is 3. The van der Waals surface area contributed by atoms with Gasteiger partial charge in [-0.25, -0.2) is 0 Å². The molecule has 0 amide bonds. The van der Waals surface area contributed by atoms with Gasteiger partial charge in [-0.2, -0.15) is 13.2 Å². The third kappa shape index (κ3) is 3.23. The van der Waals surface area contributed by atoms with Crippen LogP contribution in [0.3, 0.4) is 0 Å². The normalized spacial score (nSPS) is 15.1. The fourth-order valence-electron chi connectivity index (χ4n) is 3.37. The highest BCUT2D eigenvalue weighted by molar-refractivity contribution is 6.05. The van der Waals surface area contributed by atoms with Gasteiger partial charge in [0.05, 0.1) is 6.26 Å². The summed E-state index contributed by atoms with van der Waals surface area (Å²) >= 11 is 0. The first-order chi connectivity index (χ1) is 13.8. The highest BCUT2D eigenvalue weighted by Gasteiger charge is 2.51.